The average molecular weight is 201 g/mol. The number of aryl methyl sites for hydroxylation is 2. The van der Waals surface area contributed by atoms with Gasteiger partial charge in [0.15, 0.2) is 0 Å². The van der Waals surface area contributed by atoms with E-state index >= 15 is 0 Å². The summed E-state index contributed by atoms with van der Waals surface area (Å²) >= 11 is 0. The number of rotatable bonds is 2. The fraction of sp³-hybridized carbons (Fsp3) is 0.250. The Hall–Kier alpha value is -1.61. The predicted molar refractivity (Wildman–Crippen MR) is 61.3 cm³/mol. The topological polar surface area (TPSA) is 43.8 Å². The summed E-state index contributed by atoms with van der Waals surface area (Å²) in [4.78, 5) is 0. The van der Waals surface area contributed by atoms with Crippen molar-refractivity contribution in [1.29, 1.82) is 0 Å². The zero-order valence-corrected chi connectivity index (χ0v) is 9.07. The molecule has 15 heavy (non-hydrogen) atoms. The zero-order chi connectivity index (χ0) is 10.8. The SMILES string of the molecule is Cc1nn(C)cc1-c1cccc(CN)c1. The lowest BCUT2D eigenvalue weighted by molar-refractivity contribution is 0.756. The highest BCUT2D eigenvalue weighted by Gasteiger charge is 2.05. The summed E-state index contributed by atoms with van der Waals surface area (Å²) in [6, 6.07) is 8.27. The molecule has 1 heterocycles. The molecule has 0 bridgehead atoms. The van der Waals surface area contributed by atoms with Crippen LogP contribution in [0.2, 0.25) is 0 Å². The molecule has 0 aliphatic heterocycles. The molecular formula is C12H15N3. The molecule has 2 N–H and O–H groups in total. The quantitative estimate of drug-likeness (QED) is 0.806. The Morgan fingerprint density at radius 2 is 2.20 bits per heavy atom. The van der Waals surface area contributed by atoms with Crippen molar-refractivity contribution >= 4 is 0 Å². The molecule has 0 atom stereocenters. The number of hydrogen-bond donors (Lipinski definition) is 1. The fourth-order valence-electron chi connectivity index (χ4n) is 1.75. The number of aromatic nitrogens is 2. The van der Waals surface area contributed by atoms with Crippen molar-refractivity contribution in [3.05, 3.63) is 41.7 Å². The van der Waals surface area contributed by atoms with Gasteiger partial charge in [0.2, 0.25) is 0 Å². The van der Waals surface area contributed by atoms with E-state index in [9.17, 15) is 0 Å². The Morgan fingerprint density at radius 3 is 2.80 bits per heavy atom. The van der Waals surface area contributed by atoms with Crippen LogP contribution in [0.25, 0.3) is 11.1 Å². The summed E-state index contributed by atoms with van der Waals surface area (Å²) in [5.41, 5.74) is 10.2. The second-order valence-electron chi connectivity index (χ2n) is 3.71. The minimum absolute atomic E-state index is 0.577. The van der Waals surface area contributed by atoms with Gasteiger partial charge in [-0.3, -0.25) is 4.68 Å². The van der Waals surface area contributed by atoms with Gasteiger partial charge >= 0.3 is 0 Å². The van der Waals surface area contributed by atoms with Crippen molar-refractivity contribution in [2.75, 3.05) is 0 Å². The Bertz CT molecular complexity index is 471. The Kier molecular flexibility index (Phi) is 2.56. The van der Waals surface area contributed by atoms with Gasteiger partial charge in [0, 0.05) is 25.4 Å². The molecule has 2 aromatic rings. The molecule has 0 radical (unpaired) electrons. The molecule has 0 unspecified atom stereocenters. The molecule has 0 amide bonds. The fourth-order valence-corrected chi connectivity index (χ4v) is 1.75. The predicted octanol–water partition coefficient (Wildman–Crippen LogP) is 1.85. The van der Waals surface area contributed by atoms with Crippen LogP contribution in [0.4, 0.5) is 0 Å². The van der Waals surface area contributed by atoms with Crippen LogP contribution in [-0.4, -0.2) is 9.78 Å². The van der Waals surface area contributed by atoms with Crippen LogP contribution < -0.4 is 5.73 Å². The van der Waals surface area contributed by atoms with Gasteiger partial charge in [-0.05, 0) is 24.1 Å². The molecule has 0 saturated carbocycles. The van der Waals surface area contributed by atoms with Gasteiger partial charge in [0.1, 0.15) is 0 Å². The first kappa shape index (κ1) is 9.93. The van der Waals surface area contributed by atoms with E-state index in [1.165, 1.54) is 11.1 Å². The summed E-state index contributed by atoms with van der Waals surface area (Å²) in [6.45, 7) is 2.59. The van der Waals surface area contributed by atoms with Crippen molar-refractivity contribution in [3.8, 4) is 11.1 Å². The van der Waals surface area contributed by atoms with Crippen LogP contribution in [0, 0.1) is 6.92 Å². The summed E-state index contributed by atoms with van der Waals surface area (Å²) in [6.07, 6.45) is 2.03. The minimum atomic E-state index is 0.577. The molecule has 1 aromatic heterocycles. The summed E-state index contributed by atoms with van der Waals surface area (Å²) in [5.74, 6) is 0. The van der Waals surface area contributed by atoms with Crippen molar-refractivity contribution in [2.24, 2.45) is 12.8 Å². The number of nitrogens with zero attached hydrogens (tertiary/aromatic N) is 2. The third-order valence-electron chi connectivity index (χ3n) is 2.49. The van der Waals surface area contributed by atoms with E-state index in [0.29, 0.717) is 6.54 Å². The highest BCUT2D eigenvalue weighted by molar-refractivity contribution is 5.65. The van der Waals surface area contributed by atoms with Crippen LogP contribution in [0.3, 0.4) is 0 Å². The van der Waals surface area contributed by atoms with E-state index in [0.717, 1.165) is 11.3 Å². The van der Waals surface area contributed by atoms with Crippen LogP contribution in [0.1, 0.15) is 11.3 Å². The van der Waals surface area contributed by atoms with Crippen molar-refractivity contribution < 1.29 is 0 Å². The van der Waals surface area contributed by atoms with Crippen LogP contribution in [0.15, 0.2) is 30.5 Å². The van der Waals surface area contributed by atoms with Crippen LogP contribution in [0.5, 0.6) is 0 Å². The van der Waals surface area contributed by atoms with Crippen molar-refractivity contribution in [3.63, 3.8) is 0 Å². The van der Waals surface area contributed by atoms with Crippen molar-refractivity contribution in [1.82, 2.24) is 9.78 Å². The normalized spacial score (nSPS) is 10.6. The maximum absolute atomic E-state index is 5.62. The van der Waals surface area contributed by atoms with Gasteiger partial charge in [0.05, 0.1) is 5.69 Å². The van der Waals surface area contributed by atoms with E-state index < -0.39 is 0 Å². The second-order valence-corrected chi connectivity index (χ2v) is 3.71. The first-order valence-electron chi connectivity index (χ1n) is 5.00. The van der Waals surface area contributed by atoms with Gasteiger partial charge in [-0.1, -0.05) is 18.2 Å². The molecule has 2 rings (SSSR count). The third-order valence-corrected chi connectivity index (χ3v) is 2.49. The Labute approximate surface area is 89.5 Å². The second kappa shape index (κ2) is 3.87. The summed E-state index contributed by atoms with van der Waals surface area (Å²) in [5, 5.41) is 4.33. The standard InChI is InChI=1S/C12H15N3/c1-9-12(8-15(2)14-9)11-5-3-4-10(6-11)7-13/h3-6,8H,7,13H2,1-2H3. The molecule has 0 spiro atoms. The molecule has 78 valence electrons. The van der Waals surface area contributed by atoms with E-state index in [2.05, 4.69) is 17.2 Å². The number of hydrogen-bond acceptors (Lipinski definition) is 2. The highest BCUT2D eigenvalue weighted by Crippen LogP contribution is 2.22. The van der Waals surface area contributed by atoms with E-state index in [-0.39, 0.29) is 0 Å². The molecule has 0 aliphatic carbocycles. The molecule has 0 saturated heterocycles. The Morgan fingerprint density at radius 1 is 1.40 bits per heavy atom. The van der Waals surface area contributed by atoms with Crippen molar-refractivity contribution in [2.45, 2.75) is 13.5 Å². The lowest BCUT2D eigenvalue weighted by Gasteiger charge is -2.01. The maximum atomic E-state index is 5.62. The minimum Gasteiger partial charge on any atom is -0.326 e. The molecule has 3 heteroatoms. The lowest BCUT2D eigenvalue weighted by atomic mass is 10.0. The average Bonchev–Trinajstić information content (AvgIpc) is 2.58. The summed E-state index contributed by atoms with van der Waals surface area (Å²) < 4.78 is 1.83. The van der Waals surface area contributed by atoms with Crippen LogP contribution in [-0.2, 0) is 13.6 Å². The van der Waals surface area contributed by atoms with Gasteiger partial charge in [-0.15, -0.1) is 0 Å². The first-order valence-corrected chi connectivity index (χ1v) is 5.00. The molecule has 1 aromatic carbocycles. The molecule has 0 aliphatic rings. The zero-order valence-electron chi connectivity index (χ0n) is 9.07. The maximum Gasteiger partial charge on any atom is 0.0671 e. The Balaban J connectivity index is 2.49. The van der Waals surface area contributed by atoms with Gasteiger partial charge in [0.25, 0.3) is 0 Å². The monoisotopic (exact) mass is 201 g/mol. The first-order chi connectivity index (χ1) is 7.20. The number of benzene rings is 1. The molecule has 0 fully saturated rings. The molecular weight excluding hydrogens is 186 g/mol. The van der Waals surface area contributed by atoms with E-state index in [4.69, 9.17) is 5.73 Å². The largest absolute Gasteiger partial charge is 0.326 e. The van der Waals surface area contributed by atoms with E-state index in [1.54, 1.807) is 0 Å². The lowest BCUT2D eigenvalue weighted by Crippen LogP contribution is -1.95. The van der Waals surface area contributed by atoms with Gasteiger partial charge in [-0.25, -0.2) is 0 Å². The van der Waals surface area contributed by atoms with Gasteiger partial charge in [-0.2, -0.15) is 5.10 Å². The summed E-state index contributed by atoms with van der Waals surface area (Å²) in [7, 11) is 1.93. The van der Waals surface area contributed by atoms with E-state index in [1.807, 2.05) is 37.0 Å². The molecule has 3 nitrogen and oxygen atoms in total. The van der Waals surface area contributed by atoms with Gasteiger partial charge < -0.3 is 5.73 Å². The van der Waals surface area contributed by atoms with Crippen LogP contribution >= 0.6 is 0 Å². The smallest absolute Gasteiger partial charge is 0.0671 e. The third kappa shape index (κ3) is 1.92. The number of nitrogens with two attached hydrogens (primary N) is 1. The highest BCUT2D eigenvalue weighted by atomic mass is 15.2.